The van der Waals surface area contributed by atoms with Crippen molar-refractivity contribution in [1.82, 2.24) is 0 Å². The highest BCUT2D eigenvalue weighted by Gasteiger charge is 2.39. The lowest BCUT2D eigenvalue weighted by molar-refractivity contribution is -0.122. The van der Waals surface area contributed by atoms with Gasteiger partial charge in [-0.05, 0) is 26.0 Å². The topological polar surface area (TPSA) is 72.8 Å². The van der Waals surface area contributed by atoms with Crippen molar-refractivity contribution < 1.29 is 15.0 Å². The molecule has 5 nitrogen and oxygen atoms in total. The number of carbonyl (C=O) groups is 1. The van der Waals surface area contributed by atoms with Crippen LogP contribution in [0.25, 0.3) is 0 Å². The molecule has 1 aliphatic heterocycles. The molecule has 20 heavy (non-hydrogen) atoms. The van der Waals surface area contributed by atoms with Gasteiger partial charge < -0.3 is 20.4 Å². The number of hydrogen-bond donors (Lipinski definition) is 3. The fourth-order valence-corrected chi connectivity index (χ4v) is 2.47. The number of nitrogens with zero attached hydrogens (tertiary/aromatic N) is 1. The Kier molecular flexibility index (Phi) is 4.16. The molecule has 0 bridgehead atoms. The number of rotatable bonds is 3. The third-order valence-electron chi connectivity index (χ3n) is 3.16. The first kappa shape index (κ1) is 15.4. The Morgan fingerprint density at radius 3 is 2.55 bits per heavy atom. The number of halogens is 2. The van der Waals surface area contributed by atoms with Crippen molar-refractivity contribution in [3.05, 3.63) is 22.2 Å². The predicted octanol–water partition coefficient (Wildman–Crippen LogP) is 1.88. The Bertz CT molecular complexity index is 549. The molecule has 1 heterocycles. The van der Waals surface area contributed by atoms with E-state index in [4.69, 9.17) is 28.3 Å². The fourth-order valence-electron chi connectivity index (χ4n) is 2.15. The lowest BCUT2D eigenvalue weighted by Crippen LogP contribution is -2.55. The molecular formula is C13H16Cl2N2O3. The van der Waals surface area contributed by atoms with Crippen LogP contribution in [0.4, 0.5) is 11.4 Å². The van der Waals surface area contributed by atoms with Gasteiger partial charge in [0.1, 0.15) is 5.54 Å². The summed E-state index contributed by atoms with van der Waals surface area (Å²) in [4.78, 5) is 13.9. The maximum absolute atomic E-state index is 12.5. The van der Waals surface area contributed by atoms with Crippen LogP contribution >= 0.6 is 23.2 Å². The van der Waals surface area contributed by atoms with E-state index in [9.17, 15) is 9.90 Å². The van der Waals surface area contributed by atoms with Gasteiger partial charge in [0.05, 0.1) is 40.7 Å². The van der Waals surface area contributed by atoms with Crippen LogP contribution in [0.15, 0.2) is 12.1 Å². The summed E-state index contributed by atoms with van der Waals surface area (Å²) in [5.41, 5.74) is 0.365. The number of aliphatic hydroxyl groups is 2. The smallest absolute Gasteiger partial charge is 0.252 e. The van der Waals surface area contributed by atoms with E-state index < -0.39 is 18.2 Å². The molecule has 0 radical (unpaired) electrons. The van der Waals surface area contributed by atoms with Gasteiger partial charge in [-0.2, -0.15) is 0 Å². The van der Waals surface area contributed by atoms with Crippen LogP contribution in [0.2, 0.25) is 10.0 Å². The zero-order valence-corrected chi connectivity index (χ0v) is 12.7. The maximum atomic E-state index is 12.5. The zero-order chi connectivity index (χ0) is 15.1. The number of amides is 1. The first-order chi connectivity index (χ1) is 9.26. The third-order valence-corrected chi connectivity index (χ3v) is 3.88. The van der Waals surface area contributed by atoms with Crippen LogP contribution in [0, 0.1) is 0 Å². The van der Waals surface area contributed by atoms with Crippen molar-refractivity contribution in [2.24, 2.45) is 0 Å². The van der Waals surface area contributed by atoms with E-state index in [1.807, 2.05) is 0 Å². The van der Waals surface area contributed by atoms with E-state index in [-0.39, 0.29) is 12.5 Å². The predicted molar refractivity (Wildman–Crippen MR) is 79.6 cm³/mol. The SMILES string of the molecule is CC1(C)Nc2cc(Cl)c(Cl)cc2N(CC(O)CO)C1=O. The molecule has 0 aliphatic carbocycles. The number of hydrogen-bond acceptors (Lipinski definition) is 4. The molecule has 7 heteroatoms. The van der Waals surface area contributed by atoms with Gasteiger partial charge in [-0.1, -0.05) is 23.2 Å². The fraction of sp³-hybridized carbons (Fsp3) is 0.462. The minimum Gasteiger partial charge on any atom is -0.394 e. The molecule has 1 atom stereocenters. The van der Waals surface area contributed by atoms with Crippen molar-refractivity contribution in [2.75, 3.05) is 23.4 Å². The average Bonchev–Trinajstić information content (AvgIpc) is 2.37. The highest BCUT2D eigenvalue weighted by atomic mass is 35.5. The summed E-state index contributed by atoms with van der Waals surface area (Å²) in [5, 5.41) is 22.4. The van der Waals surface area contributed by atoms with E-state index in [2.05, 4.69) is 5.32 Å². The third kappa shape index (κ3) is 2.72. The second kappa shape index (κ2) is 5.41. The molecule has 1 unspecified atom stereocenters. The van der Waals surface area contributed by atoms with Crippen LogP contribution in [0.3, 0.4) is 0 Å². The van der Waals surface area contributed by atoms with E-state index >= 15 is 0 Å². The second-order valence-electron chi connectivity index (χ2n) is 5.29. The summed E-state index contributed by atoms with van der Waals surface area (Å²) in [7, 11) is 0. The molecule has 0 saturated carbocycles. The van der Waals surface area contributed by atoms with Gasteiger partial charge in [-0.3, -0.25) is 4.79 Å². The first-order valence-electron chi connectivity index (χ1n) is 6.14. The minimum atomic E-state index is -1.02. The van der Waals surface area contributed by atoms with Crippen molar-refractivity contribution in [1.29, 1.82) is 0 Å². The van der Waals surface area contributed by atoms with Gasteiger partial charge in [0, 0.05) is 0 Å². The van der Waals surface area contributed by atoms with Gasteiger partial charge in [0.25, 0.3) is 5.91 Å². The van der Waals surface area contributed by atoms with Gasteiger partial charge in [-0.15, -0.1) is 0 Å². The largest absolute Gasteiger partial charge is 0.394 e. The molecule has 0 fully saturated rings. The van der Waals surface area contributed by atoms with Crippen LogP contribution in [0.1, 0.15) is 13.8 Å². The monoisotopic (exact) mass is 318 g/mol. The molecule has 0 saturated heterocycles. The summed E-state index contributed by atoms with van der Waals surface area (Å²) in [6, 6.07) is 3.22. The number of benzene rings is 1. The number of aliphatic hydroxyl groups excluding tert-OH is 2. The Labute approximate surface area is 127 Å². The van der Waals surface area contributed by atoms with Gasteiger partial charge in [0.15, 0.2) is 0 Å². The lowest BCUT2D eigenvalue weighted by Gasteiger charge is -2.40. The summed E-state index contributed by atoms with van der Waals surface area (Å²) >= 11 is 12.0. The maximum Gasteiger partial charge on any atom is 0.252 e. The number of carbonyl (C=O) groups excluding carboxylic acids is 1. The molecule has 0 spiro atoms. The number of anilines is 2. The summed E-state index contributed by atoms with van der Waals surface area (Å²) in [5.74, 6) is -0.212. The number of fused-ring (bicyclic) bond motifs is 1. The molecule has 1 aromatic carbocycles. The molecule has 1 amide bonds. The molecule has 1 aromatic rings. The molecule has 3 N–H and O–H groups in total. The van der Waals surface area contributed by atoms with E-state index in [0.29, 0.717) is 21.4 Å². The minimum absolute atomic E-state index is 0.00853. The van der Waals surface area contributed by atoms with Crippen molar-refractivity contribution in [2.45, 2.75) is 25.5 Å². The average molecular weight is 319 g/mol. The summed E-state index contributed by atoms with van der Waals surface area (Å²) in [6.07, 6.45) is -1.02. The highest BCUT2D eigenvalue weighted by molar-refractivity contribution is 6.42. The van der Waals surface area contributed by atoms with E-state index in [1.165, 1.54) is 4.90 Å². The Morgan fingerprint density at radius 1 is 1.35 bits per heavy atom. The number of β-amino-alcohol motifs (C(OH)–C–C–N with tert-alkyl or cyclic N) is 1. The van der Waals surface area contributed by atoms with Crippen LogP contribution in [-0.4, -0.2) is 40.9 Å². The summed E-state index contributed by atoms with van der Waals surface area (Å²) in [6.45, 7) is 3.04. The first-order valence-corrected chi connectivity index (χ1v) is 6.90. The lowest BCUT2D eigenvalue weighted by atomic mass is 9.97. The Hall–Kier alpha value is -1.01. The van der Waals surface area contributed by atoms with Crippen LogP contribution in [0.5, 0.6) is 0 Å². The zero-order valence-electron chi connectivity index (χ0n) is 11.2. The van der Waals surface area contributed by atoms with Crippen molar-refractivity contribution >= 4 is 40.5 Å². The number of nitrogens with one attached hydrogen (secondary N) is 1. The normalized spacial score (nSPS) is 18.5. The van der Waals surface area contributed by atoms with E-state index in [1.54, 1.807) is 26.0 Å². The second-order valence-corrected chi connectivity index (χ2v) is 6.10. The Morgan fingerprint density at radius 2 is 1.95 bits per heavy atom. The van der Waals surface area contributed by atoms with E-state index in [0.717, 1.165) is 0 Å². The summed E-state index contributed by atoms with van der Waals surface area (Å²) < 4.78 is 0. The van der Waals surface area contributed by atoms with Crippen LogP contribution in [-0.2, 0) is 4.79 Å². The highest BCUT2D eigenvalue weighted by Crippen LogP contribution is 2.40. The van der Waals surface area contributed by atoms with Crippen molar-refractivity contribution in [3.63, 3.8) is 0 Å². The van der Waals surface area contributed by atoms with Gasteiger partial charge >= 0.3 is 0 Å². The molecule has 2 rings (SSSR count). The molecular weight excluding hydrogens is 303 g/mol. The molecule has 0 aromatic heterocycles. The Balaban J connectivity index is 2.50. The standard InChI is InChI=1S/C13H16Cl2N2O3/c1-13(2)12(20)17(5-7(19)6-18)11-4-9(15)8(14)3-10(11)16-13/h3-4,7,16,18-19H,5-6H2,1-2H3. The molecule has 110 valence electrons. The van der Waals surface area contributed by atoms with Crippen molar-refractivity contribution in [3.8, 4) is 0 Å². The van der Waals surface area contributed by atoms with Crippen LogP contribution < -0.4 is 10.2 Å². The van der Waals surface area contributed by atoms with Gasteiger partial charge in [-0.25, -0.2) is 0 Å². The molecule has 1 aliphatic rings. The quantitative estimate of drug-likeness (QED) is 0.795. The van der Waals surface area contributed by atoms with Gasteiger partial charge in [0.2, 0.25) is 0 Å².